The number of benzene rings is 1. The zero-order valence-electron chi connectivity index (χ0n) is 11.6. The van der Waals surface area contributed by atoms with E-state index in [-0.39, 0.29) is 11.2 Å². The minimum absolute atomic E-state index is 0.296. The molecule has 1 N–H and O–H groups in total. The lowest BCUT2D eigenvalue weighted by molar-refractivity contribution is 0.469. The van der Waals surface area contributed by atoms with Crippen molar-refractivity contribution >= 4 is 0 Å². The molecule has 3 rings (SSSR count). The van der Waals surface area contributed by atoms with Crippen LogP contribution in [-0.2, 0) is 13.0 Å². The van der Waals surface area contributed by atoms with Gasteiger partial charge in [0.15, 0.2) is 0 Å². The molecule has 1 aromatic carbocycles. The summed E-state index contributed by atoms with van der Waals surface area (Å²) in [7, 11) is 0. The van der Waals surface area contributed by atoms with E-state index in [4.69, 9.17) is 0 Å². The van der Waals surface area contributed by atoms with Crippen molar-refractivity contribution in [3.05, 3.63) is 68.0 Å². The average Bonchev–Trinajstić information content (AvgIpc) is 2.45. The number of hydrogen-bond acceptors (Lipinski definition) is 2. The number of nitrogens with zero attached hydrogens (tertiary/aromatic N) is 1. The van der Waals surface area contributed by atoms with Crippen LogP contribution >= 0.6 is 0 Å². The van der Waals surface area contributed by atoms with Gasteiger partial charge in [-0.15, -0.1) is 0 Å². The van der Waals surface area contributed by atoms with Crippen molar-refractivity contribution in [1.82, 2.24) is 9.55 Å². The number of aromatic nitrogens is 2. The van der Waals surface area contributed by atoms with Crippen molar-refractivity contribution in [1.29, 1.82) is 0 Å². The highest BCUT2D eigenvalue weighted by Crippen LogP contribution is 2.32. The summed E-state index contributed by atoms with van der Waals surface area (Å²) in [6, 6.07) is 8.45. The highest BCUT2D eigenvalue weighted by molar-refractivity contribution is 5.32. The van der Waals surface area contributed by atoms with E-state index in [9.17, 15) is 9.59 Å². The molecule has 1 heterocycles. The van der Waals surface area contributed by atoms with Gasteiger partial charge in [-0.1, -0.05) is 24.3 Å². The van der Waals surface area contributed by atoms with Crippen molar-refractivity contribution in [2.24, 2.45) is 0 Å². The molecule has 1 aromatic heterocycles. The normalized spacial score (nSPS) is 17.8. The van der Waals surface area contributed by atoms with Crippen LogP contribution in [0.3, 0.4) is 0 Å². The summed E-state index contributed by atoms with van der Waals surface area (Å²) >= 11 is 0. The summed E-state index contributed by atoms with van der Waals surface area (Å²) in [6.07, 6.45) is 5.02. The van der Waals surface area contributed by atoms with E-state index in [1.807, 2.05) is 0 Å². The zero-order chi connectivity index (χ0) is 14.1. The van der Waals surface area contributed by atoms with Crippen LogP contribution < -0.4 is 11.2 Å². The maximum atomic E-state index is 11.9. The lowest BCUT2D eigenvalue weighted by Gasteiger charge is -2.26. The molecule has 0 saturated carbocycles. The predicted molar refractivity (Wildman–Crippen MR) is 78.2 cm³/mol. The van der Waals surface area contributed by atoms with Gasteiger partial charge in [-0.05, 0) is 37.3 Å². The number of aromatic amines is 1. The molecule has 4 heteroatoms. The smallest absolute Gasteiger partial charge is 0.300 e. The van der Waals surface area contributed by atoms with Crippen LogP contribution in [0.2, 0.25) is 0 Å². The van der Waals surface area contributed by atoms with E-state index in [2.05, 4.69) is 29.2 Å². The summed E-state index contributed by atoms with van der Waals surface area (Å²) in [5.41, 5.74) is 2.69. The van der Waals surface area contributed by atoms with Gasteiger partial charge >= 0.3 is 5.69 Å². The molecule has 20 heavy (non-hydrogen) atoms. The van der Waals surface area contributed by atoms with Crippen LogP contribution in [-0.4, -0.2) is 9.55 Å². The lowest BCUT2D eigenvalue weighted by Crippen LogP contribution is -2.32. The molecular weight excluding hydrogens is 252 g/mol. The van der Waals surface area contributed by atoms with Crippen LogP contribution in [0.4, 0.5) is 0 Å². The Hall–Kier alpha value is -2.10. The third-order valence-electron chi connectivity index (χ3n) is 4.10. The predicted octanol–water partition coefficient (Wildman–Crippen LogP) is 1.97. The number of fused-ring (bicyclic) bond motifs is 1. The van der Waals surface area contributed by atoms with Crippen molar-refractivity contribution in [2.75, 3.05) is 0 Å². The summed E-state index contributed by atoms with van der Waals surface area (Å²) in [4.78, 5) is 25.7. The maximum Gasteiger partial charge on any atom is 0.328 e. The monoisotopic (exact) mass is 270 g/mol. The van der Waals surface area contributed by atoms with E-state index in [1.54, 1.807) is 17.7 Å². The topological polar surface area (TPSA) is 54.9 Å². The number of aryl methyl sites for hydroxylation is 2. The Balaban J connectivity index is 1.95. The van der Waals surface area contributed by atoms with Gasteiger partial charge in [0.1, 0.15) is 0 Å². The number of hydrogen-bond donors (Lipinski definition) is 1. The molecule has 104 valence electrons. The number of H-pyrrole nitrogens is 1. The van der Waals surface area contributed by atoms with Crippen molar-refractivity contribution in [3.8, 4) is 0 Å². The third kappa shape index (κ3) is 2.33. The fourth-order valence-electron chi connectivity index (χ4n) is 3.04. The molecule has 0 aliphatic heterocycles. The molecule has 0 radical (unpaired) electrons. The average molecular weight is 270 g/mol. The van der Waals surface area contributed by atoms with Crippen molar-refractivity contribution in [3.63, 3.8) is 0 Å². The SMILES string of the molecule is Cc1cn(CC2CCCc3ccccc32)c(=O)[nH]c1=O. The van der Waals surface area contributed by atoms with Gasteiger partial charge in [0, 0.05) is 24.2 Å². The Labute approximate surface area is 117 Å². The van der Waals surface area contributed by atoms with Crippen LogP contribution in [0.25, 0.3) is 0 Å². The second-order valence-electron chi connectivity index (χ2n) is 5.51. The van der Waals surface area contributed by atoms with Gasteiger partial charge in [0.05, 0.1) is 0 Å². The first-order chi connectivity index (χ1) is 9.65. The summed E-state index contributed by atoms with van der Waals surface area (Å²) in [5, 5.41) is 0. The Kier molecular flexibility index (Phi) is 3.30. The third-order valence-corrected chi connectivity index (χ3v) is 4.10. The summed E-state index contributed by atoms with van der Waals surface area (Å²) in [5.74, 6) is 0.350. The molecule has 1 aliphatic carbocycles. The molecule has 4 nitrogen and oxygen atoms in total. The first-order valence-corrected chi connectivity index (χ1v) is 7.03. The molecule has 0 amide bonds. The van der Waals surface area contributed by atoms with Crippen LogP contribution in [0.15, 0.2) is 40.1 Å². The molecular formula is C16H18N2O2. The minimum Gasteiger partial charge on any atom is -0.300 e. The van der Waals surface area contributed by atoms with Gasteiger partial charge in [0.25, 0.3) is 5.56 Å². The van der Waals surface area contributed by atoms with Crippen LogP contribution in [0, 0.1) is 6.92 Å². The molecule has 1 aliphatic rings. The second-order valence-corrected chi connectivity index (χ2v) is 5.51. The molecule has 0 fully saturated rings. The van der Waals surface area contributed by atoms with E-state index in [0.717, 1.165) is 19.3 Å². The number of nitrogens with one attached hydrogen (secondary N) is 1. The van der Waals surface area contributed by atoms with Crippen LogP contribution in [0.5, 0.6) is 0 Å². The summed E-state index contributed by atoms with van der Waals surface area (Å²) < 4.78 is 1.63. The molecule has 1 unspecified atom stereocenters. The highest BCUT2D eigenvalue weighted by Gasteiger charge is 2.20. The molecule has 1 atom stereocenters. The van der Waals surface area contributed by atoms with Gasteiger partial charge in [-0.25, -0.2) is 4.79 Å². The van der Waals surface area contributed by atoms with Gasteiger partial charge < -0.3 is 0 Å². The second kappa shape index (κ2) is 5.12. The molecule has 2 aromatic rings. The Bertz CT molecular complexity index is 743. The lowest BCUT2D eigenvalue weighted by atomic mass is 9.83. The van der Waals surface area contributed by atoms with Crippen LogP contribution in [0.1, 0.15) is 35.4 Å². The fourth-order valence-corrected chi connectivity index (χ4v) is 3.04. The van der Waals surface area contributed by atoms with Gasteiger partial charge in [-0.3, -0.25) is 14.3 Å². The largest absolute Gasteiger partial charge is 0.328 e. The van der Waals surface area contributed by atoms with Crippen molar-refractivity contribution < 1.29 is 0 Å². The van der Waals surface area contributed by atoms with E-state index in [1.165, 1.54) is 11.1 Å². The van der Waals surface area contributed by atoms with E-state index < -0.39 is 0 Å². The maximum absolute atomic E-state index is 11.9. The minimum atomic E-state index is -0.316. The Morgan fingerprint density at radius 2 is 2.10 bits per heavy atom. The van der Waals surface area contributed by atoms with Gasteiger partial charge in [-0.2, -0.15) is 0 Å². The van der Waals surface area contributed by atoms with Crippen molar-refractivity contribution in [2.45, 2.75) is 38.6 Å². The number of rotatable bonds is 2. The first kappa shape index (κ1) is 12.9. The molecule has 0 saturated heterocycles. The Morgan fingerprint density at radius 3 is 2.95 bits per heavy atom. The van der Waals surface area contributed by atoms with E-state index >= 15 is 0 Å². The Morgan fingerprint density at radius 1 is 1.30 bits per heavy atom. The zero-order valence-corrected chi connectivity index (χ0v) is 11.6. The standard InChI is InChI=1S/C16H18N2O2/c1-11-9-18(16(20)17-15(11)19)10-13-7-4-6-12-5-2-3-8-14(12)13/h2-3,5,8-9,13H,4,6-7,10H2,1H3,(H,17,19,20). The quantitative estimate of drug-likeness (QED) is 0.907. The fraction of sp³-hybridized carbons (Fsp3) is 0.375. The summed E-state index contributed by atoms with van der Waals surface area (Å²) in [6.45, 7) is 2.36. The molecule has 0 bridgehead atoms. The van der Waals surface area contributed by atoms with E-state index in [0.29, 0.717) is 18.0 Å². The van der Waals surface area contributed by atoms with Gasteiger partial charge in [0.2, 0.25) is 0 Å². The first-order valence-electron chi connectivity index (χ1n) is 7.03. The molecule has 0 spiro atoms. The highest BCUT2D eigenvalue weighted by atomic mass is 16.2.